The van der Waals surface area contributed by atoms with E-state index in [2.05, 4.69) is 4.90 Å². The second-order valence-electron chi connectivity index (χ2n) is 4.82. The fraction of sp³-hybridized carbons (Fsp3) is 1.00. The van der Waals surface area contributed by atoms with Gasteiger partial charge in [-0.1, -0.05) is 0 Å². The number of nitrogens with two attached hydrogens (primary N) is 1. The Bertz CT molecular complexity index is 170. The van der Waals surface area contributed by atoms with Crippen molar-refractivity contribution in [1.82, 2.24) is 4.90 Å². The molecule has 0 aromatic rings. The number of hydrogen-bond acceptors (Lipinski definition) is 3. The molecule has 3 nitrogen and oxygen atoms in total. The van der Waals surface area contributed by atoms with E-state index < -0.39 is 0 Å². The van der Waals surface area contributed by atoms with Crippen LogP contribution in [0.3, 0.4) is 0 Å². The average Bonchev–Trinajstić information content (AvgIpc) is 2.17. The summed E-state index contributed by atoms with van der Waals surface area (Å²) in [6.07, 6.45) is 5.00. The Kier molecular flexibility index (Phi) is 3.42. The fourth-order valence-corrected chi connectivity index (χ4v) is 2.66. The van der Waals surface area contributed by atoms with Gasteiger partial charge in [-0.15, -0.1) is 0 Å². The van der Waals surface area contributed by atoms with E-state index in [1.807, 2.05) is 0 Å². The van der Waals surface area contributed by atoms with Crippen LogP contribution in [0.15, 0.2) is 0 Å². The van der Waals surface area contributed by atoms with Crippen LogP contribution in [0.5, 0.6) is 0 Å². The van der Waals surface area contributed by atoms with Gasteiger partial charge in [0.25, 0.3) is 0 Å². The summed E-state index contributed by atoms with van der Waals surface area (Å²) in [6, 6.07) is 0. The third kappa shape index (κ3) is 2.27. The van der Waals surface area contributed by atoms with Crippen LogP contribution >= 0.6 is 0 Å². The van der Waals surface area contributed by atoms with Crippen molar-refractivity contribution in [3.8, 4) is 0 Å². The molecule has 2 fully saturated rings. The van der Waals surface area contributed by atoms with Crippen molar-refractivity contribution in [1.29, 1.82) is 0 Å². The van der Waals surface area contributed by atoms with Gasteiger partial charge in [0.15, 0.2) is 0 Å². The Labute approximate surface area is 86.6 Å². The van der Waals surface area contributed by atoms with E-state index in [-0.39, 0.29) is 0 Å². The third-order valence-electron chi connectivity index (χ3n) is 3.60. The summed E-state index contributed by atoms with van der Waals surface area (Å²) in [6.45, 7) is 6.67. The monoisotopic (exact) mass is 198 g/mol. The first-order valence-electron chi connectivity index (χ1n) is 5.85. The lowest BCUT2D eigenvalue weighted by molar-refractivity contribution is -0.0805. The van der Waals surface area contributed by atoms with Gasteiger partial charge < -0.3 is 15.4 Å². The highest BCUT2D eigenvalue weighted by atomic mass is 16.5. The minimum Gasteiger partial charge on any atom is -0.381 e. The lowest BCUT2D eigenvalue weighted by atomic mass is 9.73. The van der Waals surface area contributed by atoms with Crippen molar-refractivity contribution in [2.45, 2.75) is 25.7 Å². The molecule has 0 aromatic carbocycles. The van der Waals surface area contributed by atoms with E-state index in [1.54, 1.807) is 0 Å². The highest BCUT2D eigenvalue weighted by molar-refractivity contribution is 4.95. The number of likely N-dealkylation sites (tertiary alicyclic amines) is 1. The van der Waals surface area contributed by atoms with Crippen molar-refractivity contribution in [2.75, 3.05) is 39.4 Å². The topological polar surface area (TPSA) is 38.5 Å². The van der Waals surface area contributed by atoms with Crippen LogP contribution < -0.4 is 5.73 Å². The average molecular weight is 198 g/mol. The SMILES string of the molecule is NCCCCN1CC2(CCOCC2)C1. The molecule has 0 bridgehead atoms. The Balaban J connectivity index is 1.62. The Morgan fingerprint density at radius 2 is 1.86 bits per heavy atom. The van der Waals surface area contributed by atoms with Crippen LogP contribution in [-0.2, 0) is 4.74 Å². The molecule has 2 aliphatic heterocycles. The molecule has 0 saturated carbocycles. The number of rotatable bonds is 4. The predicted molar refractivity (Wildman–Crippen MR) is 57.2 cm³/mol. The maximum absolute atomic E-state index is 5.48. The molecule has 0 aliphatic carbocycles. The van der Waals surface area contributed by atoms with Crippen LogP contribution in [0.2, 0.25) is 0 Å². The van der Waals surface area contributed by atoms with Crippen LogP contribution in [0.4, 0.5) is 0 Å². The van der Waals surface area contributed by atoms with Crippen molar-refractivity contribution < 1.29 is 4.74 Å². The van der Waals surface area contributed by atoms with Gasteiger partial charge in [-0.25, -0.2) is 0 Å². The molecular weight excluding hydrogens is 176 g/mol. The Hall–Kier alpha value is -0.120. The van der Waals surface area contributed by atoms with Crippen LogP contribution in [0, 0.1) is 5.41 Å². The smallest absolute Gasteiger partial charge is 0.0472 e. The predicted octanol–water partition coefficient (Wildman–Crippen LogP) is 0.838. The molecule has 2 rings (SSSR count). The summed E-state index contributed by atoms with van der Waals surface area (Å²) in [4.78, 5) is 2.57. The van der Waals surface area contributed by atoms with Crippen LogP contribution in [0.25, 0.3) is 0 Å². The van der Waals surface area contributed by atoms with E-state index in [0.717, 1.165) is 19.8 Å². The first kappa shape index (κ1) is 10.4. The molecule has 2 aliphatic rings. The van der Waals surface area contributed by atoms with Crippen molar-refractivity contribution in [3.05, 3.63) is 0 Å². The van der Waals surface area contributed by atoms with Gasteiger partial charge in [0.1, 0.15) is 0 Å². The van der Waals surface area contributed by atoms with E-state index in [0.29, 0.717) is 5.41 Å². The zero-order valence-electron chi connectivity index (χ0n) is 9.00. The first-order valence-corrected chi connectivity index (χ1v) is 5.85. The lowest BCUT2D eigenvalue weighted by Crippen LogP contribution is -2.58. The second-order valence-corrected chi connectivity index (χ2v) is 4.82. The molecule has 2 N–H and O–H groups in total. The minimum absolute atomic E-state index is 0.640. The number of hydrogen-bond donors (Lipinski definition) is 1. The molecular formula is C11H22N2O. The lowest BCUT2D eigenvalue weighted by Gasteiger charge is -2.52. The standard InChI is InChI=1S/C11H22N2O/c12-5-1-2-6-13-9-11(10-13)3-7-14-8-4-11/h1-10,12H2. The highest BCUT2D eigenvalue weighted by Gasteiger charge is 2.43. The Morgan fingerprint density at radius 1 is 1.14 bits per heavy atom. The molecule has 0 radical (unpaired) electrons. The molecule has 82 valence electrons. The van der Waals surface area contributed by atoms with E-state index in [4.69, 9.17) is 10.5 Å². The van der Waals surface area contributed by atoms with Crippen molar-refractivity contribution in [2.24, 2.45) is 11.1 Å². The zero-order chi connectivity index (χ0) is 9.86. The molecule has 2 heterocycles. The molecule has 0 unspecified atom stereocenters. The van der Waals surface area contributed by atoms with Crippen molar-refractivity contribution >= 4 is 0 Å². The molecule has 0 aromatic heterocycles. The highest BCUT2D eigenvalue weighted by Crippen LogP contribution is 2.39. The summed E-state index contributed by atoms with van der Waals surface area (Å²) in [5, 5.41) is 0. The van der Waals surface area contributed by atoms with Gasteiger partial charge in [0.05, 0.1) is 0 Å². The van der Waals surface area contributed by atoms with E-state index in [1.165, 1.54) is 45.3 Å². The van der Waals surface area contributed by atoms with Gasteiger partial charge in [0, 0.05) is 31.7 Å². The Morgan fingerprint density at radius 3 is 2.50 bits per heavy atom. The van der Waals surface area contributed by atoms with Gasteiger partial charge in [0.2, 0.25) is 0 Å². The quantitative estimate of drug-likeness (QED) is 0.680. The van der Waals surface area contributed by atoms with Crippen LogP contribution in [0.1, 0.15) is 25.7 Å². The summed E-state index contributed by atoms with van der Waals surface area (Å²) >= 11 is 0. The molecule has 14 heavy (non-hydrogen) atoms. The summed E-state index contributed by atoms with van der Waals surface area (Å²) in [5.41, 5.74) is 6.12. The molecule has 3 heteroatoms. The fourth-order valence-electron chi connectivity index (χ4n) is 2.66. The maximum atomic E-state index is 5.48. The second kappa shape index (κ2) is 4.60. The van der Waals surface area contributed by atoms with Gasteiger partial charge in [-0.05, 0) is 38.8 Å². The summed E-state index contributed by atoms with van der Waals surface area (Å²) in [5.74, 6) is 0. The number of unbranched alkanes of at least 4 members (excludes halogenated alkanes) is 1. The molecule has 0 atom stereocenters. The van der Waals surface area contributed by atoms with Crippen molar-refractivity contribution in [3.63, 3.8) is 0 Å². The largest absolute Gasteiger partial charge is 0.381 e. The molecule has 2 saturated heterocycles. The van der Waals surface area contributed by atoms with Gasteiger partial charge in [-0.2, -0.15) is 0 Å². The first-order chi connectivity index (χ1) is 6.85. The molecule has 1 spiro atoms. The van der Waals surface area contributed by atoms with E-state index >= 15 is 0 Å². The number of nitrogens with zero attached hydrogens (tertiary/aromatic N) is 1. The minimum atomic E-state index is 0.640. The van der Waals surface area contributed by atoms with E-state index in [9.17, 15) is 0 Å². The summed E-state index contributed by atoms with van der Waals surface area (Å²) < 4.78 is 5.40. The number of ether oxygens (including phenoxy) is 1. The maximum Gasteiger partial charge on any atom is 0.0472 e. The van der Waals surface area contributed by atoms with Gasteiger partial charge >= 0.3 is 0 Å². The summed E-state index contributed by atoms with van der Waals surface area (Å²) in [7, 11) is 0. The molecule has 0 amide bonds. The van der Waals surface area contributed by atoms with Crippen LogP contribution in [-0.4, -0.2) is 44.3 Å². The van der Waals surface area contributed by atoms with Gasteiger partial charge in [-0.3, -0.25) is 0 Å². The third-order valence-corrected chi connectivity index (χ3v) is 3.60. The normalized spacial score (nSPS) is 26.4. The zero-order valence-corrected chi connectivity index (χ0v) is 9.00.